The molecule has 0 unspecified atom stereocenters. The Morgan fingerprint density at radius 3 is 2.71 bits per heavy atom. The van der Waals surface area contributed by atoms with E-state index in [0.717, 1.165) is 11.1 Å². The molecule has 0 amide bonds. The fourth-order valence-corrected chi connectivity index (χ4v) is 1.53. The zero-order valence-electron chi connectivity index (χ0n) is 9.90. The molecule has 0 atom stereocenters. The highest BCUT2D eigenvalue weighted by Crippen LogP contribution is 2.11. The molecule has 0 bridgehead atoms. The summed E-state index contributed by atoms with van der Waals surface area (Å²) in [4.78, 5) is 11.6. The lowest BCUT2D eigenvalue weighted by Crippen LogP contribution is -2.07. The first-order valence-electron chi connectivity index (χ1n) is 5.43. The first-order chi connectivity index (χ1) is 8.16. The van der Waals surface area contributed by atoms with Gasteiger partial charge in [-0.15, -0.1) is 0 Å². The zero-order valence-corrected chi connectivity index (χ0v) is 9.90. The molecule has 3 nitrogen and oxygen atoms in total. The lowest BCUT2D eigenvalue weighted by Gasteiger charge is -2.07. The van der Waals surface area contributed by atoms with E-state index in [9.17, 15) is 4.79 Å². The van der Waals surface area contributed by atoms with Gasteiger partial charge in [-0.1, -0.05) is 24.3 Å². The van der Waals surface area contributed by atoms with Crippen molar-refractivity contribution in [1.82, 2.24) is 0 Å². The van der Waals surface area contributed by atoms with Crippen molar-refractivity contribution >= 4 is 0 Å². The summed E-state index contributed by atoms with van der Waals surface area (Å²) in [6, 6.07) is 9.33. The Bertz CT molecular complexity index is 570. The summed E-state index contributed by atoms with van der Waals surface area (Å²) < 4.78 is 10.6. The topological polar surface area (TPSA) is 39.4 Å². The summed E-state index contributed by atoms with van der Waals surface area (Å²) in [5.74, 6) is 0.831. The van der Waals surface area contributed by atoms with Crippen LogP contribution in [0.25, 0.3) is 0 Å². The Morgan fingerprint density at radius 2 is 2.00 bits per heavy atom. The Kier molecular flexibility index (Phi) is 3.28. The van der Waals surface area contributed by atoms with Gasteiger partial charge in [-0.25, -0.2) is 0 Å². The summed E-state index contributed by atoms with van der Waals surface area (Å²) >= 11 is 0. The smallest absolute Gasteiger partial charge is 0.226 e. The summed E-state index contributed by atoms with van der Waals surface area (Å²) in [7, 11) is 0. The number of hydrogen-bond donors (Lipinski definition) is 0. The molecular formula is C14H14O3. The van der Waals surface area contributed by atoms with E-state index >= 15 is 0 Å². The minimum absolute atomic E-state index is 0.151. The zero-order chi connectivity index (χ0) is 12.3. The van der Waals surface area contributed by atoms with Crippen LogP contribution in [-0.4, -0.2) is 0 Å². The Morgan fingerprint density at radius 1 is 1.24 bits per heavy atom. The predicted octanol–water partition coefficient (Wildman–Crippen LogP) is 2.84. The summed E-state index contributed by atoms with van der Waals surface area (Å²) in [6.07, 6.45) is 1.36. The highest BCUT2D eigenvalue weighted by Gasteiger charge is 2.03. The van der Waals surface area contributed by atoms with Gasteiger partial charge in [-0.2, -0.15) is 0 Å². The van der Waals surface area contributed by atoms with Crippen LogP contribution in [0.15, 0.2) is 45.8 Å². The largest absolute Gasteiger partial charge is 0.482 e. The van der Waals surface area contributed by atoms with Crippen molar-refractivity contribution in [3.05, 3.63) is 63.7 Å². The Labute approximate surface area is 99.7 Å². The van der Waals surface area contributed by atoms with Gasteiger partial charge in [0.25, 0.3) is 0 Å². The number of benzene rings is 1. The second kappa shape index (κ2) is 4.87. The van der Waals surface area contributed by atoms with Crippen molar-refractivity contribution in [2.45, 2.75) is 20.5 Å². The van der Waals surface area contributed by atoms with Crippen molar-refractivity contribution in [3.8, 4) is 5.75 Å². The number of hydrogen-bond acceptors (Lipinski definition) is 3. The monoisotopic (exact) mass is 230 g/mol. The van der Waals surface area contributed by atoms with Gasteiger partial charge in [0.1, 0.15) is 18.6 Å². The molecule has 0 radical (unpaired) electrons. The number of rotatable bonds is 3. The average Bonchev–Trinajstić information content (AvgIpc) is 2.30. The lowest BCUT2D eigenvalue weighted by molar-refractivity contribution is 0.290. The predicted molar refractivity (Wildman–Crippen MR) is 65.2 cm³/mol. The van der Waals surface area contributed by atoms with Gasteiger partial charge >= 0.3 is 0 Å². The van der Waals surface area contributed by atoms with Crippen molar-refractivity contribution in [2.75, 3.05) is 0 Å². The molecular weight excluding hydrogens is 216 g/mol. The van der Waals surface area contributed by atoms with Gasteiger partial charge < -0.3 is 9.15 Å². The van der Waals surface area contributed by atoms with Crippen molar-refractivity contribution in [1.29, 1.82) is 0 Å². The molecule has 0 spiro atoms. The van der Waals surface area contributed by atoms with Gasteiger partial charge in [0, 0.05) is 6.07 Å². The van der Waals surface area contributed by atoms with Crippen LogP contribution in [0.4, 0.5) is 0 Å². The molecule has 2 aromatic rings. The van der Waals surface area contributed by atoms with Crippen molar-refractivity contribution < 1.29 is 9.15 Å². The first-order valence-corrected chi connectivity index (χ1v) is 5.43. The third-order valence-corrected chi connectivity index (χ3v) is 2.57. The average molecular weight is 230 g/mol. The summed E-state index contributed by atoms with van der Waals surface area (Å²) in [5, 5.41) is 0. The normalized spacial score (nSPS) is 10.2. The minimum atomic E-state index is -0.151. The SMILES string of the molecule is Cc1cc(=O)c(OCc2ccccc2C)co1. The first kappa shape index (κ1) is 11.5. The lowest BCUT2D eigenvalue weighted by atomic mass is 10.1. The van der Waals surface area contributed by atoms with Gasteiger partial charge in [-0.3, -0.25) is 4.79 Å². The van der Waals surface area contributed by atoms with E-state index in [1.165, 1.54) is 12.3 Å². The third kappa shape index (κ3) is 2.75. The molecule has 0 saturated heterocycles. The molecule has 0 aliphatic carbocycles. The van der Waals surface area contributed by atoms with E-state index in [-0.39, 0.29) is 11.2 Å². The van der Waals surface area contributed by atoms with E-state index < -0.39 is 0 Å². The summed E-state index contributed by atoms with van der Waals surface area (Å²) in [5.41, 5.74) is 2.05. The fourth-order valence-electron chi connectivity index (χ4n) is 1.53. The maximum atomic E-state index is 11.6. The molecule has 0 fully saturated rings. The molecule has 0 N–H and O–H groups in total. The molecule has 1 aromatic heterocycles. The van der Waals surface area contributed by atoms with E-state index in [1.807, 2.05) is 31.2 Å². The van der Waals surface area contributed by atoms with Crippen molar-refractivity contribution in [3.63, 3.8) is 0 Å². The second-order valence-electron chi connectivity index (χ2n) is 3.93. The Balaban J connectivity index is 2.13. The molecule has 17 heavy (non-hydrogen) atoms. The van der Waals surface area contributed by atoms with Crippen LogP contribution in [0.2, 0.25) is 0 Å². The third-order valence-electron chi connectivity index (χ3n) is 2.57. The molecule has 0 saturated carbocycles. The van der Waals surface area contributed by atoms with Gasteiger partial charge in [-0.05, 0) is 25.0 Å². The van der Waals surface area contributed by atoms with Crippen LogP contribution >= 0.6 is 0 Å². The molecule has 0 aliphatic rings. The Hall–Kier alpha value is -2.03. The fraction of sp³-hybridized carbons (Fsp3) is 0.214. The highest BCUT2D eigenvalue weighted by atomic mass is 16.5. The summed E-state index contributed by atoms with van der Waals surface area (Å²) in [6.45, 7) is 4.11. The van der Waals surface area contributed by atoms with Gasteiger partial charge in [0.15, 0.2) is 0 Å². The van der Waals surface area contributed by atoms with E-state index in [2.05, 4.69) is 0 Å². The van der Waals surface area contributed by atoms with Crippen LogP contribution in [0.1, 0.15) is 16.9 Å². The van der Waals surface area contributed by atoms with Crippen LogP contribution < -0.4 is 10.2 Å². The van der Waals surface area contributed by atoms with Crippen LogP contribution in [0.5, 0.6) is 5.75 Å². The number of aryl methyl sites for hydroxylation is 2. The maximum Gasteiger partial charge on any atom is 0.226 e. The molecule has 1 aromatic carbocycles. The van der Waals surface area contributed by atoms with Crippen molar-refractivity contribution in [2.24, 2.45) is 0 Å². The quantitative estimate of drug-likeness (QED) is 0.813. The van der Waals surface area contributed by atoms with E-state index in [1.54, 1.807) is 6.92 Å². The van der Waals surface area contributed by atoms with Gasteiger partial charge in [0.05, 0.1) is 0 Å². The second-order valence-corrected chi connectivity index (χ2v) is 3.93. The molecule has 1 heterocycles. The minimum Gasteiger partial charge on any atom is -0.482 e. The van der Waals surface area contributed by atoms with Crippen LogP contribution in [-0.2, 0) is 6.61 Å². The van der Waals surface area contributed by atoms with Crippen LogP contribution in [0, 0.1) is 13.8 Å². The highest BCUT2D eigenvalue weighted by molar-refractivity contribution is 5.26. The van der Waals surface area contributed by atoms with E-state index in [4.69, 9.17) is 9.15 Å². The molecule has 88 valence electrons. The number of ether oxygens (including phenoxy) is 1. The van der Waals surface area contributed by atoms with Crippen LogP contribution in [0.3, 0.4) is 0 Å². The molecule has 3 heteroatoms. The van der Waals surface area contributed by atoms with E-state index in [0.29, 0.717) is 12.4 Å². The molecule has 0 aliphatic heterocycles. The maximum absolute atomic E-state index is 11.6. The molecule has 2 rings (SSSR count). The van der Waals surface area contributed by atoms with Gasteiger partial charge in [0.2, 0.25) is 11.2 Å². The standard InChI is InChI=1S/C14H14O3/c1-10-5-3-4-6-12(10)8-17-14-9-16-11(2)7-13(14)15/h3-7,9H,8H2,1-2H3.